The van der Waals surface area contributed by atoms with Crippen molar-refractivity contribution in [1.82, 2.24) is 15.1 Å². The summed E-state index contributed by atoms with van der Waals surface area (Å²) in [7, 11) is 0. The van der Waals surface area contributed by atoms with Crippen LogP contribution < -0.4 is 5.32 Å². The first-order chi connectivity index (χ1) is 11.5. The van der Waals surface area contributed by atoms with E-state index < -0.39 is 6.04 Å². The SMILES string of the molecule is Cc1cccc(C2NC(=O)N(CC(C)N3CCCCC3)C2=O)c1C. The number of amides is 3. The van der Waals surface area contributed by atoms with Crippen LogP contribution in [-0.2, 0) is 4.79 Å². The quantitative estimate of drug-likeness (QED) is 0.864. The lowest BCUT2D eigenvalue weighted by molar-refractivity contribution is -0.128. The fraction of sp³-hybridized carbons (Fsp3) is 0.579. The number of aryl methyl sites for hydroxylation is 1. The molecule has 0 radical (unpaired) electrons. The van der Waals surface area contributed by atoms with E-state index in [1.165, 1.54) is 24.2 Å². The first-order valence-corrected chi connectivity index (χ1v) is 8.91. The molecular formula is C19H27N3O2. The monoisotopic (exact) mass is 329 g/mol. The minimum atomic E-state index is -0.550. The number of likely N-dealkylation sites (tertiary alicyclic amines) is 1. The Labute approximate surface area is 144 Å². The highest BCUT2D eigenvalue weighted by atomic mass is 16.2. The van der Waals surface area contributed by atoms with Gasteiger partial charge in [-0.15, -0.1) is 0 Å². The molecule has 0 bridgehead atoms. The van der Waals surface area contributed by atoms with E-state index in [9.17, 15) is 9.59 Å². The van der Waals surface area contributed by atoms with E-state index in [4.69, 9.17) is 0 Å². The van der Waals surface area contributed by atoms with Gasteiger partial charge in [-0.25, -0.2) is 4.79 Å². The van der Waals surface area contributed by atoms with Crippen LogP contribution in [0.5, 0.6) is 0 Å². The van der Waals surface area contributed by atoms with Gasteiger partial charge in [0.25, 0.3) is 5.91 Å². The van der Waals surface area contributed by atoms with E-state index in [0.717, 1.165) is 29.8 Å². The number of nitrogens with one attached hydrogen (secondary N) is 1. The van der Waals surface area contributed by atoms with Crippen molar-refractivity contribution in [3.63, 3.8) is 0 Å². The van der Waals surface area contributed by atoms with E-state index in [1.54, 1.807) is 0 Å². The minimum Gasteiger partial charge on any atom is -0.322 e. The lowest BCUT2D eigenvalue weighted by Gasteiger charge is -2.33. The zero-order chi connectivity index (χ0) is 17.3. The predicted octanol–water partition coefficient (Wildman–Crippen LogP) is 2.77. The number of benzene rings is 1. The molecule has 3 rings (SSSR count). The fourth-order valence-electron chi connectivity index (χ4n) is 3.73. The molecule has 3 amide bonds. The third kappa shape index (κ3) is 3.18. The molecule has 130 valence electrons. The predicted molar refractivity (Wildman–Crippen MR) is 93.8 cm³/mol. The van der Waals surface area contributed by atoms with E-state index in [1.807, 2.05) is 32.0 Å². The lowest BCUT2D eigenvalue weighted by atomic mass is 9.97. The maximum atomic E-state index is 12.8. The number of piperidine rings is 1. The van der Waals surface area contributed by atoms with Crippen LogP contribution in [0.1, 0.15) is 48.9 Å². The molecule has 0 aliphatic carbocycles. The van der Waals surface area contributed by atoms with E-state index in [2.05, 4.69) is 17.1 Å². The van der Waals surface area contributed by atoms with Crippen LogP contribution >= 0.6 is 0 Å². The molecule has 2 saturated heterocycles. The maximum absolute atomic E-state index is 12.8. The second kappa shape index (κ2) is 6.93. The fourth-order valence-corrected chi connectivity index (χ4v) is 3.73. The summed E-state index contributed by atoms with van der Waals surface area (Å²) in [5.74, 6) is -0.127. The number of hydrogen-bond donors (Lipinski definition) is 1. The van der Waals surface area contributed by atoms with Gasteiger partial charge in [0.2, 0.25) is 0 Å². The molecule has 2 fully saturated rings. The summed E-state index contributed by atoms with van der Waals surface area (Å²) < 4.78 is 0. The standard InChI is InChI=1S/C19H27N3O2/c1-13-8-7-9-16(15(13)3)17-18(23)22(19(24)20-17)12-14(2)21-10-5-4-6-11-21/h7-9,14,17H,4-6,10-12H2,1-3H3,(H,20,24). The Morgan fingerprint density at radius 2 is 1.88 bits per heavy atom. The highest BCUT2D eigenvalue weighted by molar-refractivity contribution is 6.04. The molecule has 2 heterocycles. The largest absolute Gasteiger partial charge is 0.325 e. The van der Waals surface area contributed by atoms with E-state index >= 15 is 0 Å². The van der Waals surface area contributed by atoms with E-state index in [-0.39, 0.29) is 18.0 Å². The number of nitrogens with zero attached hydrogens (tertiary/aromatic N) is 2. The van der Waals surface area contributed by atoms with Gasteiger partial charge in [0.05, 0.1) is 0 Å². The number of carbonyl (C=O) groups excluding carboxylic acids is 2. The number of hydrogen-bond acceptors (Lipinski definition) is 3. The second-order valence-electron chi connectivity index (χ2n) is 7.07. The van der Waals surface area contributed by atoms with Gasteiger partial charge in [-0.05, 0) is 63.4 Å². The molecule has 0 spiro atoms. The van der Waals surface area contributed by atoms with Gasteiger partial charge in [-0.2, -0.15) is 0 Å². The molecule has 24 heavy (non-hydrogen) atoms. The smallest absolute Gasteiger partial charge is 0.322 e. The van der Waals surface area contributed by atoms with E-state index in [0.29, 0.717) is 6.54 Å². The number of imide groups is 1. The Hall–Kier alpha value is -1.88. The third-order valence-corrected chi connectivity index (χ3v) is 5.44. The normalized spacial score (nSPS) is 23.5. The van der Waals surface area contributed by atoms with Crippen molar-refractivity contribution in [3.8, 4) is 0 Å². The summed E-state index contributed by atoms with van der Waals surface area (Å²) >= 11 is 0. The number of rotatable bonds is 4. The Morgan fingerprint density at radius 1 is 1.17 bits per heavy atom. The first kappa shape index (κ1) is 17.0. The van der Waals surface area contributed by atoms with Crippen molar-refractivity contribution in [3.05, 3.63) is 34.9 Å². The Kier molecular flexibility index (Phi) is 4.90. The summed E-state index contributed by atoms with van der Waals surface area (Å²) in [4.78, 5) is 29.0. The molecule has 2 aliphatic heterocycles. The number of carbonyl (C=O) groups is 2. The van der Waals surface area contributed by atoms with Crippen LogP contribution in [0.25, 0.3) is 0 Å². The summed E-state index contributed by atoms with van der Waals surface area (Å²) in [6.07, 6.45) is 3.69. The molecule has 5 nitrogen and oxygen atoms in total. The highest BCUT2D eigenvalue weighted by Crippen LogP contribution is 2.27. The molecule has 1 aromatic rings. The van der Waals surface area contributed by atoms with Crippen LogP contribution in [0.3, 0.4) is 0 Å². The van der Waals surface area contributed by atoms with Gasteiger partial charge in [0.15, 0.2) is 0 Å². The molecule has 1 aromatic carbocycles. The van der Waals surface area contributed by atoms with Crippen molar-refractivity contribution >= 4 is 11.9 Å². The average Bonchev–Trinajstić information content (AvgIpc) is 2.86. The Balaban J connectivity index is 1.73. The van der Waals surface area contributed by atoms with Crippen molar-refractivity contribution in [1.29, 1.82) is 0 Å². The van der Waals surface area contributed by atoms with Crippen molar-refractivity contribution in [2.45, 2.75) is 52.1 Å². The topological polar surface area (TPSA) is 52.7 Å². The lowest BCUT2D eigenvalue weighted by Crippen LogP contribution is -2.46. The Bertz CT molecular complexity index is 637. The molecule has 5 heteroatoms. The van der Waals surface area contributed by atoms with Crippen LogP contribution in [0.4, 0.5) is 4.79 Å². The Morgan fingerprint density at radius 3 is 2.58 bits per heavy atom. The first-order valence-electron chi connectivity index (χ1n) is 8.91. The molecular weight excluding hydrogens is 302 g/mol. The average molecular weight is 329 g/mol. The van der Waals surface area contributed by atoms with Gasteiger partial charge in [0.1, 0.15) is 6.04 Å². The molecule has 2 aliphatic rings. The number of urea groups is 1. The molecule has 0 saturated carbocycles. The van der Waals surface area contributed by atoms with Gasteiger partial charge in [-0.1, -0.05) is 24.6 Å². The highest BCUT2D eigenvalue weighted by Gasteiger charge is 2.40. The molecule has 0 aromatic heterocycles. The van der Waals surface area contributed by atoms with Crippen LogP contribution in [-0.4, -0.2) is 47.4 Å². The van der Waals surface area contributed by atoms with Crippen LogP contribution in [0, 0.1) is 13.8 Å². The van der Waals surface area contributed by atoms with Gasteiger partial charge in [0, 0.05) is 12.6 Å². The van der Waals surface area contributed by atoms with Gasteiger partial charge < -0.3 is 5.32 Å². The van der Waals surface area contributed by atoms with Crippen molar-refractivity contribution < 1.29 is 9.59 Å². The summed E-state index contributed by atoms with van der Waals surface area (Å²) in [5, 5.41) is 2.87. The minimum absolute atomic E-state index is 0.127. The van der Waals surface area contributed by atoms with Crippen LogP contribution in [0.15, 0.2) is 18.2 Å². The second-order valence-corrected chi connectivity index (χ2v) is 7.07. The zero-order valence-electron chi connectivity index (χ0n) is 14.8. The van der Waals surface area contributed by atoms with Crippen molar-refractivity contribution in [2.24, 2.45) is 0 Å². The van der Waals surface area contributed by atoms with Crippen molar-refractivity contribution in [2.75, 3.05) is 19.6 Å². The van der Waals surface area contributed by atoms with Crippen LogP contribution in [0.2, 0.25) is 0 Å². The molecule has 2 unspecified atom stereocenters. The summed E-state index contributed by atoms with van der Waals surface area (Å²) in [6.45, 7) is 8.72. The summed E-state index contributed by atoms with van der Waals surface area (Å²) in [6, 6.07) is 5.29. The molecule has 1 N–H and O–H groups in total. The van der Waals surface area contributed by atoms with Gasteiger partial charge >= 0.3 is 6.03 Å². The van der Waals surface area contributed by atoms with Gasteiger partial charge in [-0.3, -0.25) is 14.6 Å². The summed E-state index contributed by atoms with van der Waals surface area (Å²) in [5.41, 5.74) is 3.11. The third-order valence-electron chi connectivity index (χ3n) is 5.44. The zero-order valence-corrected chi connectivity index (χ0v) is 14.8. The molecule has 2 atom stereocenters. The maximum Gasteiger partial charge on any atom is 0.325 e.